The van der Waals surface area contributed by atoms with E-state index in [0.29, 0.717) is 12.1 Å². The largest absolute Gasteiger partial charge is 0.361 e. The number of hydrogen-bond acceptors (Lipinski definition) is 3. The van der Waals surface area contributed by atoms with Crippen molar-refractivity contribution in [1.82, 2.24) is 25.1 Å². The summed E-state index contributed by atoms with van der Waals surface area (Å²) in [5, 5.41) is 8.24. The first-order valence-electron chi connectivity index (χ1n) is 7.99. The van der Waals surface area contributed by atoms with Crippen molar-refractivity contribution in [2.24, 2.45) is 7.05 Å². The van der Waals surface area contributed by atoms with E-state index in [9.17, 15) is 4.79 Å². The number of hydrogen-bond donors (Lipinski definition) is 2. The number of fused-ring (bicyclic) bond motifs is 1. The Bertz CT molecular complexity index is 1050. The fourth-order valence-corrected chi connectivity index (χ4v) is 2.85. The van der Waals surface area contributed by atoms with Gasteiger partial charge in [0.2, 0.25) is 0 Å². The minimum Gasteiger partial charge on any atom is -0.361 e. The van der Waals surface area contributed by atoms with Gasteiger partial charge in [0.05, 0.1) is 11.9 Å². The molecule has 1 amide bonds. The van der Waals surface area contributed by atoms with Crippen LogP contribution in [0.5, 0.6) is 0 Å². The molecule has 0 unspecified atom stereocenters. The Balaban J connectivity index is 1.54. The third kappa shape index (κ3) is 3.01. The van der Waals surface area contributed by atoms with Gasteiger partial charge in [0.1, 0.15) is 0 Å². The molecule has 25 heavy (non-hydrogen) atoms. The molecule has 3 aromatic heterocycles. The second-order valence-electron chi connectivity index (χ2n) is 5.88. The van der Waals surface area contributed by atoms with Crippen molar-refractivity contribution in [1.29, 1.82) is 0 Å². The maximum absolute atomic E-state index is 12.5. The van der Waals surface area contributed by atoms with E-state index in [-0.39, 0.29) is 5.91 Å². The van der Waals surface area contributed by atoms with Gasteiger partial charge in [0.15, 0.2) is 0 Å². The number of carbonyl (C=O) groups excluding carboxylic acids is 1. The number of aryl methyl sites for hydroxylation is 1. The van der Waals surface area contributed by atoms with Gasteiger partial charge in [-0.3, -0.25) is 14.5 Å². The van der Waals surface area contributed by atoms with Gasteiger partial charge in [0, 0.05) is 48.8 Å². The van der Waals surface area contributed by atoms with Crippen molar-refractivity contribution < 1.29 is 4.79 Å². The molecule has 1 aromatic carbocycles. The van der Waals surface area contributed by atoms with Gasteiger partial charge in [-0.05, 0) is 35.2 Å². The van der Waals surface area contributed by atoms with Crippen molar-refractivity contribution in [2.45, 2.75) is 6.54 Å². The number of aromatic amines is 1. The van der Waals surface area contributed by atoms with E-state index >= 15 is 0 Å². The molecule has 0 atom stereocenters. The molecule has 0 aliphatic heterocycles. The summed E-state index contributed by atoms with van der Waals surface area (Å²) in [7, 11) is 1.87. The summed E-state index contributed by atoms with van der Waals surface area (Å²) in [6.45, 7) is 0.402. The predicted molar refractivity (Wildman–Crippen MR) is 95.9 cm³/mol. The van der Waals surface area contributed by atoms with Gasteiger partial charge in [-0.2, -0.15) is 5.10 Å². The van der Waals surface area contributed by atoms with Gasteiger partial charge >= 0.3 is 0 Å². The van der Waals surface area contributed by atoms with Crippen LogP contribution in [-0.2, 0) is 13.6 Å². The molecule has 4 aromatic rings. The molecule has 0 fully saturated rings. The molecule has 0 aliphatic rings. The molecule has 0 saturated carbocycles. The van der Waals surface area contributed by atoms with Crippen LogP contribution in [-0.4, -0.2) is 25.7 Å². The van der Waals surface area contributed by atoms with Gasteiger partial charge in [-0.15, -0.1) is 0 Å². The first kappa shape index (κ1) is 15.1. The molecule has 124 valence electrons. The van der Waals surface area contributed by atoms with E-state index < -0.39 is 0 Å². The summed E-state index contributed by atoms with van der Waals surface area (Å²) in [4.78, 5) is 20.0. The van der Waals surface area contributed by atoms with Crippen LogP contribution in [0.15, 0.2) is 61.2 Å². The molecule has 0 saturated heterocycles. The summed E-state index contributed by atoms with van der Waals surface area (Å²) in [6, 6.07) is 11.4. The molecule has 6 heteroatoms. The summed E-state index contributed by atoms with van der Waals surface area (Å²) in [5.41, 5.74) is 4.28. The lowest BCUT2D eigenvalue weighted by Crippen LogP contribution is -2.23. The Morgan fingerprint density at radius 1 is 1.28 bits per heavy atom. The number of benzene rings is 1. The summed E-state index contributed by atoms with van der Waals surface area (Å²) in [6.07, 6.45) is 7.29. The van der Waals surface area contributed by atoms with Gasteiger partial charge in [-0.1, -0.05) is 12.1 Å². The zero-order valence-corrected chi connectivity index (χ0v) is 13.7. The van der Waals surface area contributed by atoms with Crippen molar-refractivity contribution in [3.63, 3.8) is 0 Å². The van der Waals surface area contributed by atoms with Crippen molar-refractivity contribution in [3.05, 3.63) is 72.3 Å². The van der Waals surface area contributed by atoms with Crippen LogP contribution in [0.2, 0.25) is 0 Å². The number of aromatic nitrogens is 4. The van der Waals surface area contributed by atoms with Crippen LogP contribution in [0.25, 0.3) is 22.2 Å². The molecule has 3 heterocycles. The average molecular weight is 331 g/mol. The van der Waals surface area contributed by atoms with Crippen LogP contribution < -0.4 is 5.32 Å². The molecular weight excluding hydrogens is 314 g/mol. The molecule has 2 N–H and O–H groups in total. The number of nitrogens with one attached hydrogen (secondary N) is 2. The lowest BCUT2D eigenvalue weighted by Gasteiger charge is -2.09. The molecule has 0 spiro atoms. The molecule has 0 bridgehead atoms. The number of amides is 1. The topological polar surface area (TPSA) is 75.6 Å². The van der Waals surface area contributed by atoms with Crippen LogP contribution in [0.3, 0.4) is 0 Å². The molecule has 6 nitrogen and oxygen atoms in total. The van der Waals surface area contributed by atoms with E-state index in [0.717, 1.165) is 27.7 Å². The smallest absolute Gasteiger partial charge is 0.251 e. The predicted octanol–water partition coefficient (Wildman–Crippen LogP) is 2.89. The fourth-order valence-electron chi connectivity index (χ4n) is 2.85. The summed E-state index contributed by atoms with van der Waals surface area (Å²) < 4.78 is 1.73. The van der Waals surface area contributed by atoms with Gasteiger partial charge in [0.25, 0.3) is 5.91 Å². The highest BCUT2D eigenvalue weighted by Crippen LogP contribution is 2.20. The SMILES string of the molecule is Cn1cc(-c2ncccc2CNC(=O)c2ccc3cc[nH]c3c2)cn1. The minimum absolute atomic E-state index is 0.113. The normalized spacial score (nSPS) is 10.9. The Morgan fingerprint density at radius 2 is 2.20 bits per heavy atom. The zero-order valence-electron chi connectivity index (χ0n) is 13.7. The Morgan fingerprint density at radius 3 is 3.04 bits per heavy atom. The lowest BCUT2D eigenvalue weighted by molar-refractivity contribution is 0.0951. The highest BCUT2D eigenvalue weighted by atomic mass is 16.1. The number of nitrogens with zero attached hydrogens (tertiary/aromatic N) is 3. The van der Waals surface area contributed by atoms with E-state index in [4.69, 9.17) is 0 Å². The second kappa shape index (κ2) is 6.24. The maximum Gasteiger partial charge on any atom is 0.251 e. The van der Waals surface area contributed by atoms with Crippen LogP contribution in [0, 0.1) is 0 Å². The van der Waals surface area contributed by atoms with E-state index in [1.54, 1.807) is 17.1 Å². The number of rotatable bonds is 4. The lowest BCUT2D eigenvalue weighted by atomic mass is 10.1. The van der Waals surface area contributed by atoms with E-state index in [2.05, 4.69) is 20.4 Å². The number of H-pyrrole nitrogens is 1. The molecule has 0 aliphatic carbocycles. The third-order valence-corrected chi connectivity index (χ3v) is 4.13. The second-order valence-corrected chi connectivity index (χ2v) is 5.88. The summed E-state index contributed by atoms with van der Waals surface area (Å²) >= 11 is 0. The van der Waals surface area contributed by atoms with Crippen LogP contribution in [0.4, 0.5) is 0 Å². The zero-order chi connectivity index (χ0) is 17.2. The quantitative estimate of drug-likeness (QED) is 0.604. The Kier molecular flexibility index (Phi) is 3.78. The Labute approximate surface area is 144 Å². The average Bonchev–Trinajstić information content (AvgIpc) is 3.28. The molecule has 4 rings (SSSR count). The van der Waals surface area contributed by atoms with Gasteiger partial charge in [-0.25, -0.2) is 0 Å². The highest BCUT2D eigenvalue weighted by Gasteiger charge is 2.11. The fraction of sp³-hybridized carbons (Fsp3) is 0.105. The van der Waals surface area contributed by atoms with Crippen LogP contribution in [0.1, 0.15) is 15.9 Å². The van der Waals surface area contributed by atoms with Crippen LogP contribution >= 0.6 is 0 Å². The standard InChI is InChI=1S/C19H17N5O/c1-24-12-16(11-23-24)18-15(3-2-7-21-18)10-22-19(25)14-5-4-13-6-8-20-17(13)9-14/h2-9,11-12,20H,10H2,1H3,(H,22,25). The maximum atomic E-state index is 12.5. The first-order valence-corrected chi connectivity index (χ1v) is 7.99. The monoisotopic (exact) mass is 331 g/mol. The van der Waals surface area contributed by atoms with Crippen molar-refractivity contribution >= 4 is 16.8 Å². The Hall–Kier alpha value is -3.41. The van der Waals surface area contributed by atoms with E-state index in [1.807, 2.05) is 55.8 Å². The number of pyridine rings is 1. The van der Waals surface area contributed by atoms with Gasteiger partial charge < -0.3 is 10.3 Å². The van der Waals surface area contributed by atoms with Crippen molar-refractivity contribution in [2.75, 3.05) is 0 Å². The molecular formula is C19H17N5O. The molecule has 0 radical (unpaired) electrons. The van der Waals surface area contributed by atoms with Crippen molar-refractivity contribution in [3.8, 4) is 11.3 Å². The third-order valence-electron chi connectivity index (χ3n) is 4.13. The highest BCUT2D eigenvalue weighted by molar-refractivity contribution is 5.97. The minimum atomic E-state index is -0.113. The summed E-state index contributed by atoms with van der Waals surface area (Å²) in [5.74, 6) is -0.113. The number of carbonyl (C=O) groups is 1. The van der Waals surface area contributed by atoms with E-state index in [1.165, 1.54) is 0 Å². The first-order chi connectivity index (χ1) is 12.2.